The molecule has 5 rings (SSSR count). The monoisotopic (exact) mass is 748 g/mol. The Kier molecular flexibility index (Phi) is 12.0. The second-order valence-electron chi connectivity index (χ2n) is 14.0. The van der Waals surface area contributed by atoms with Gasteiger partial charge in [0.1, 0.15) is 5.75 Å². The molecule has 14 heteroatoms. The van der Waals surface area contributed by atoms with E-state index in [-0.39, 0.29) is 57.8 Å². The summed E-state index contributed by atoms with van der Waals surface area (Å²) < 4.78 is 89.7. The quantitative estimate of drug-likeness (QED) is 0.196. The van der Waals surface area contributed by atoms with Crippen molar-refractivity contribution in [3.8, 4) is 5.75 Å². The number of aryl methyl sites for hydroxylation is 1. The van der Waals surface area contributed by atoms with Crippen LogP contribution in [-0.2, 0) is 27.7 Å². The lowest BCUT2D eigenvalue weighted by Crippen LogP contribution is -2.69. The molecule has 2 amide bonds. The molecule has 8 nitrogen and oxygen atoms in total. The summed E-state index contributed by atoms with van der Waals surface area (Å²) in [5, 5.41) is 9.47. The van der Waals surface area contributed by atoms with E-state index in [9.17, 15) is 36.2 Å². The largest absolute Gasteiger partial charge is 0.475 e. The molecule has 2 aromatic carbocycles. The van der Waals surface area contributed by atoms with Crippen molar-refractivity contribution in [2.24, 2.45) is 4.99 Å². The second-order valence-corrected chi connectivity index (χ2v) is 14.0. The van der Waals surface area contributed by atoms with Gasteiger partial charge in [0.2, 0.25) is 5.60 Å². The van der Waals surface area contributed by atoms with Crippen molar-refractivity contribution < 1.29 is 45.8 Å². The number of carbonyl (C=O) groups excluding carboxylic acids is 2. The number of piperidine rings is 2. The van der Waals surface area contributed by atoms with Crippen LogP contribution in [0, 0.1) is 0 Å². The van der Waals surface area contributed by atoms with Crippen LogP contribution < -0.4 is 4.74 Å². The highest BCUT2D eigenvalue weighted by Crippen LogP contribution is 2.44. The van der Waals surface area contributed by atoms with E-state index >= 15 is 4.79 Å². The number of amides is 2. The maximum atomic E-state index is 15.0. The van der Waals surface area contributed by atoms with Crippen LogP contribution in [0.1, 0.15) is 68.6 Å². The van der Waals surface area contributed by atoms with Crippen LogP contribution in [0.5, 0.6) is 5.75 Å². The fourth-order valence-electron chi connectivity index (χ4n) is 7.93. The van der Waals surface area contributed by atoms with Crippen LogP contribution in [-0.4, -0.2) is 96.0 Å². The highest BCUT2D eigenvalue weighted by atomic mass is 19.4. The normalized spacial score (nSPS) is 22.2. The Morgan fingerprint density at radius 1 is 0.981 bits per heavy atom. The zero-order valence-corrected chi connectivity index (χ0v) is 30.0. The summed E-state index contributed by atoms with van der Waals surface area (Å²) in [4.78, 5) is 38.3. The van der Waals surface area contributed by atoms with Gasteiger partial charge in [0, 0.05) is 52.5 Å². The molecular formula is C39H46F6N4O4. The molecule has 3 aliphatic heterocycles. The van der Waals surface area contributed by atoms with E-state index in [0.717, 1.165) is 47.7 Å². The molecular weight excluding hydrogens is 702 g/mol. The van der Waals surface area contributed by atoms with Gasteiger partial charge >= 0.3 is 12.4 Å². The van der Waals surface area contributed by atoms with Crippen molar-refractivity contribution in [3.63, 3.8) is 0 Å². The number of hydrogen-bond acceptors (Lipinski definition) is 6. The molecule has 1 N–H and O–H groups in total. The smallest absolute Gasteiger partial charge is 0.416 e. The summed E-state index contributed by atoms with van der Waals surface area (Å²) in [7, 11) is 1.55. The average molecular weight is 749 g/mol. The number of halogens is 6. The lowest BCUT2D eigenvalue weighted by Gasteiger charge is -2.51. The van der Waals surface area contributed by atoms with Crippen LogP contribution in [0.15, 0.2) is 76.9 Å². The summed E-state index contributed by atoms with van der Waals surface area (Å²) in [6.07, 6.45) is -4.49. The van der Waals surface area contributed by atoms with Gasteiger partial charge in [0.05, 0.1) is 28.3 Å². The Hall–Kier alpha value is -4.33. The van der Waals surface area contributed by atoms with E-state index in [2.05, 4.69) is 11.7 Å². The van der Waals surface area contributed by atoms with Crippen molar-refractivity contribution in [2.45, 2.75) is 87.8 Å². The number of ether oxygens (including phenoxy) is 1. The van der Waals surface area contributed by atoms with Gasteiger partial charge in [0.15, 0.2) is 0 Å². The number of benzene rings is 2. The van der Waals surface area contributed by atoms with Crippen LogP contribution >= 0.6 is 0 Å². The fraction of sp³-hybridized carbons (Fsp3) is 0.513. The predicted molar refractivity (Wildman–Crippen MR) is 188 cm³/mol. The molecule has 2 fully saturated rings. The van der Waals surface area contributed by atoms with Crippen molar-refractivity contribution in [3.05, 3.63) is 88.6 Å². The molecule has 0 radical (unpaired) electrons. The van der Waals surface area contributed by atoms with Crippen LogP contribution in [0.4, 0.5) is 26.3 Å². The first-order valence-corrected chi connectivity index (χ1v) is 17.9. The van der Waals surface area contributed by atoms with Gasteiger partial charge in [-0.25, -0.2) is 0 Å². The maximum Gasteiger partial charge on any atom is 0.416 e. The second kappa shape index (κ2) is 16.0. The van der Waals surface area contributed by atoms with Crippen molar-refractivity contribution in [2.75, 3.05) is 39.8 Å². The molecule has 3 aliphatic rings. The number of aliphatic hydroxyl groups excluding tert-OH is 1. The molecule has 2 aromatic rings. The molecule has 2 saturated heterocycles. The Morgan fingerprint density at radius 2 is 1.66 bits per heavy atom. The number of likely N-dealkylation sites (N-methyl/N-ethyl adjacent to an activating group) is 1. The zero-order valence-electron chi connectivity index (χ0n) is 30.0. The number of alkyl halides is 6. The SMILES string of the molecule is C=NC1(c2ccccc2CCCO)CCN(C(=O)[C@]2(Oc3ccc(C(F)(F)F)cc3)CCCN(C(=O)C3=CN(C)CC=C3C(F)(F)F)[C@@H]2CCC)CC1. The zero-order chi connectivity index (χ0) is 38.6. The third kappa shape index (κ3) is 8.27. The molecule has 0 saturated carbocycles. The molecule has 0 bridgehead atoms. The summed E-state index contributed by atoms with van der Waals surface area (Å²) >= 11 is 0. The van der Waals surface area contributed by atoms with E-state index in [1.165, 1.54) is 9.80 Å². The molecule has 53 heavy (non-hydrogen) atoms. The standard InChI is InChI=1S/C39H46F6N4O4/c1-4-9-33-37(53-29-15-13-28(14-16-29)38(40,41)42,18-8-21-49(33)34(51)30-26-47(3)22-17-32(30)39(43,44)45)35(52)48-23-19-36(46-2,20-24-48)31-12-6-5-10-27(31)11-7-25-50/h5-6,10,12-17,26,33,50H,2,4,7-9,11,18-25H2,1,3H3/t33-,37+/m1/s1. The first-order valence-electron chi connectivity index (χ1n) is 17.9. The lowest BCUT2D eigenvalue weighted by molar-refractivity contribution is -0.166. The number of nitrogens with zero attached hydrogens (tertiary/aromatic N) is 4. The first-order chi connectivity index (χ1) is 25.1. The number of likely N-dealkylation sites (tertiary alicyclic amines) is 2. The van der Waals surface area contributed by atoms with Crippen molar-refractivity contribution in [1.82, 2.24) is 14.7 Å². The van der Waals surface area contributed by atoms with E-state index in [1.54, 1.807) is 11.9 Å². The number of hydrogen-bond donors (Lipinski definition) is 1. The van der Waals surface area contributed by atoms with Gasteiger partial charge in [-0.2, -0.15) is 26.3 Å². The summed E-state index contributed by atoms with van der Waals surface area (Å²) in [5.74, 6) is -1.44. The van der Waals surface area contributed by atoms with Gasteiger partial charge in [-0.15, -0.1) is 0 Å². The van der Waals surface area contributed by atoms with E-state index < -0.39 is 58.1 Å². The number of aliphatic hydroxyl groups is 1. The van der Waals surface area contributed by atoms with Crippen LogP contribution in [0.25, 0.3) is 0 Å². The molecule has 0 aromatic heterocycles. The Morgan fingerprint density at radius 3 is 2.26 bits per heavy atom. The molecule has 288 valence electrons. The van der Waals surface area contributed by atoms with Gasteiger partial charge in [0.25, 0.3) is 11.8 Å². The van der Waals surface area contributed by atoms with Crippen LogP contribution in [0.3, 0.4) is 0 Å². The average Bonchev–Trinajstić information content (AvgIpc) is 3.13. The van der Waals surface area contributed by atoms with Gasteiger partial charge in [-0.05, 0) is 80.6 Å². The predicted octanol–water partition coefficient (Wildman–Crippen LogP) is 7.08. The Balaban J connectivity index is 1.54. The lowest BCUT2D eigenvalue weighted by atomic mass is 9.76. The minimum absolute atomic E-state index is 0.0202. The third-order valence-electron chi connectivity index (χ3n) is 10.6. The highest BCUT2D eigenvalue weighted by molar-refractivity contribution is 5.99. The van der Waals surface area contributed by atoms with Gasteiger partial charge in [-0.1, -0.05) is 43.7 Å². The minimum atomic E-state index is -4.81. The molecule has 0 unspecified atom stereocenters. The maximum absolute atomic E-state index is 15.0. The van der Waals surface area contributed by atoms with Crippen molar-refractivity contribution in [1.29, 1.82) is 0 Å². The molecule has 3 heterocycles. The topological polar surface area (TPSA) is 85.7 Å². The van der Waals surface area contributed by atoms with E-state index in [1.807, 2.05) is 31.2 Å². The Labute approximate surface area is 305 Å². The van der Waals surface area contributed by atoms with Crippen molar-refractivity contribution >= 4 is 18.5 Å². The molecule has 0 aliphatic carbocycles. The summed E-state index contributed by atoms with van der Waals surface area (Å²) in [5.41, 5.74) is -3.14. The summed E-state index contributed by atoms with van der Waals surface area (Å²) in [6, 6.07) is 10.6. The number of aliphatic imine (C=N–C) groups is 1. The third-order valence-corrected chi connectivity index (χ3v) is 10.6. The van der Waals surface area contributed by atoms with Gasteiger partial charge < -0.3 is 24.5 Å². The molecule has 2 atom stereocenters. The number of rotatable bonds is 11. The minimum Gasteiger partial charge on any atom is -0.475 e. The first kappa shape index (κ1) is 39.9. The summed E-state index contributed by atoms with van der Waals surface area (Å²) in [6.45, 7) is 6.15. The molecule has 0 spiro atoms. The highest BCUT2D eigenvalue weighted by Gasteiger charge is 2.57. The van der Waals surface area contributed by atoms with Crippen LogP contribution in [0.2, 0.25) is 0 Å². The van der Waals surface area contributed by atoms with Gasteiger partial charge in [-0.3, -0.25) is 14.6 Å². The van der Waals surface area contributed by atoms with E-state index in [4.69, 9.17) is 4.74 Å². The Bertz CT molecular complexity index is 1700. The fourth-order valence-corrected chi connectivity index (χ4v) is 7.93. The van der Waals surface area contributed by atoms with E-state index in [0.29, 0.717) is 32.1 Å². The number of carbonyl (C=O) groups is 2.